The van der Waals surface area contributed by atoms with E-state index in [0.717, 1.165) is 13.1 Å². The molecule has 128 valence electrons. The van der Waals surface area contributed by atoms with Gasteiger partial charge in [-0.3, -0.25) is 9.59 Å². The summed E-state index contributed by atoms with van der Waals surface area (Å²) in [5.74, 6) is -0.372. The highest BCUT2D eigenvalue weighted by Gasteiger charge is 2.28. The van der Waals surface area contributed by atoms with Gasteiger partial charge in [0.05, 0.1) is 0 Å². The van der Waals surface area contributed by atoms with Gasteiger partial charge >= 0.3 is 0 Å². The second kappa shape index (κ2) is 8.84. The van der Waals surface area contributed by atoms with Crippen LogP contribution in [0.3, 0.4) is 0 Å². The second-order valence-corrected chi connectivity index (χ2v) is 5.72. The molecule has 1 aliphatic heterocycles. The zero-order valence-corrected chi connectivity index (χ0v) is 14.1. The van der Waals surface area contributed by atoms with Crippen LogP contribution in [0.25, 0.3) is 0 Å². The minimum atomic E-state index is -0.399. The fourth-order valence-electron chi connectivity index (χ4n) is 2.24. The van der Waals surface area contributed by atoms with Crippen molar-refractivity contribution in [2.24, 2.45) is 11.8 Å². The lowest BCUT2D eigenvalue weighted by Gasteiger charge is -2.31. The Balaban J connectivity index is 0.00000264. The molecular formula is C16H23ClFN3O2. The van der Waals surface area contributed by atoms with Crippen molar-refractivity contribution in [1.82, 2.24) is 16.0 Å². The predicted octanol–water partition coefficient (Wildman–Crippen LogP) is 1.26. The Hall–Kier alpha value is -1.66. The van der Waals surface area contributed by atoms with Gasteiger partial charge in [-0.05, 0) is 43.6 Å². The van der Waals surface area contributed by atoms with E-state index in [0.29, 0.717) is 24.6 Å². The van der Waals surface area contributed by atoms with Crippen molar-refractivity contribution < 1.29 is 14.0 Å². The Bertz CT molecular complexity index is 564. The maximum absolute atomic E-state index is 13.4. The molecule has 7 heteroatoms. The molecule has 1 fully saturated rings. The Morgan fingerprint density at radius 1 is 1.30 bits per heavy atom. The number of carbonyl (C=O) groups excluding carboxylic acids is 2. The molecule has 0 aliphatic carbocycles. The Morgan fingerprint density at radius 2 is 1.96 bits per heavy atom. The van der Waals surface area contributed by atoms with Crippen LogP contribution in [0.2, 0.25) is 0 Å². The summed E-state index contributed by atoms with van der Waals surface area (Å²) in [6.45, 7) is 5.99. The number of hydrogen-bond acceptors (Lipinski definition) is 3. The van der Waals surface area contributed by atoms with Crippen LogP contribution in [0.5, 0.6) is 0 Å². The molecule has 1 aromatic carbocycles. The van der Waals surface area contributed by atoms with E-state index in [1.165, 1.54) is 6.07 Å². The molecule has 0 aromatic heterocycles. The van der Waals surface area contributed by atoms with Crippen LogP contribution in [0, 0.1) is 24.6 Å². The van der Waals surface area contributed by atoms with Crippen molar-refractivity contribution in [2.75, 3.05) is 26.2 Å². The van der Waals surface area contributed by atoms with Crippen LogP contribution in [0.4, 0.5) is 4.39 Å². The molecule has 3 N–H and O–H groups in total. The number of carbonyl (C=O) groups is 2. The van der Waals surface area contributed by atoms with Gasteiger partial charge in [-0.1, -0.05) is 13.0 Å². The van der Waals surface area contributed by atoms with Gasteiger partial charge in [-0.2, -0.15) is 0 Å². The molecule has 1 atom stereocenters. The van der Waals surface area contributed by atoms with E-state index in [9.17, 15) is 14.0 Å². The van der Waals surface area contributed by atoms with Gasteiger partial charge in [0.2, 0.25) is 5.91 Å². The molecule has 1 unspecified atom stereocenters. The highest BCUT2D eigenvalue weighted by Crippen LogP contribution is 2.15. The van der Waals surface area contributed by atoms with Crippen molar-refractivity contribution >= 4 is 24.2 Å². The third kappa shape index (κ3) is 5.18. The predicted molar refractivity (Wildman–Crippen MR) is 89.3 cm³/mol. The minimum Gasteiger partial charge on any atom is -0.354 e. The number of halogens is 2. The topological polar surface area (TPSA) is 70.2 Å². The third-order valence-electron chi connectivity index (χ3n) is 4.08. The lowest BCUT2D eigenvalue weighted by molar-refractivity contribution is -0.126. The summed E-state index contributed by atoms with van der Waals surface area (Å²) in [7, 11) is 0. The van der Waals surface area contributed by atoms with E-state index < -0.39 is 5.82 Å². The minimum absolute atomic E-state index is 0. The van der Waals surface area contributed by atoms with Crippen LogP contribution >= 0.6 is 12.4 Å². The fraction of sp³-hybridized carbons (Fsp3) is 0.500. The molecule has 0 saturated carbocycles. The van der Waals surface area contributed by atoms with Crippen LogP contribution in [0.1, 0.15) is 22.8 Å². The zero-order valence-electron chi connectivity index (χ0n) is 13.3. The third-order valence-corrected chi connectivity index (χ3v) is 4.08. The standard InChI is InChI=1S/C16H22FN3O2.ClH/c1-10-3-4-12(7-14(10)17)16(22)20-6-5-19-15(21)11(2)13-8-18-9-13;/h3-4,7,11,13,18H,5-6,8-9H2,1-2H3,(H,19,21)(H,20,22);1H. The van der Waals surface area contributed by atoms with Gasteiger partial charge in [0.25, 0.3) is 5.91 Å². The lowest BCUT2D eigenvalue weighted by Crippen LogP contribution is -2.50. The molecule has 5 nitrogen and oxygen atoms in total. The maximum Gasteiger partial charge on any atom is 0.251 e. The van der Waals surface area contributed by atoms with Gasteiger partial charge in [0, 0.05) is 24.6 Å². The molecular weight excluding hydrogens is 321 g/mol. The zero-order chi connectivity index (χ0) is 16.1. The first-order valence-corrected chi connectivity index (χ1v) is 7.52. The van der Waals surface area contributed by atoms with Crippen molar-refractivity contribution in [1.29, 1.82) is 0 Å². The van der Waals surface area contributed by atoms with E-state index in [-0.39, 0.29) is 35.7 Å². The average Bonchev–Trinajstić information content (AvgIpc) is 2.44. The number of nitrogens with one attached hydrogen (secondary N) is 3. The lowest BCUT2D eigenvalue weighted by atomic mass is 9.88. The number of aryl methyl sites for hydroxylation is 1. The van der Waals surface area contributed by atoms with Crippen molar-refractivity contribution in [2.45, 2.75) is 13.8 Å². The van der Waals surface area contributed by atoms with Gasteiger partial charge in [-0.15, -0.1) is 12.4 Å². The summed E-state index contributed by atoms with van der Waals surface area (Å²) in [6.07, 6.45) is 0. The molecule has 0 bridgehead atoms. The molecule has 0 spiro atoms. The number of rotatable bonds is 6. The summed E-state index contributed by atoms with van der Waals surface area (Å²) in [5.41, 5.74) is 0.784. The maximum atomic E-state index is 13.4. The number of benzene rings is 1. The van der Waals surface area contributed by atoms with Crippen molar-refractivity contribution in [3.05, 3.63) is 35.1 Å². The number of hydrogen-bond donors (Lipinski definition) is 3. The Morgan fingerprint density at radius 3 is 2.52 bits per heavy atom. The highest BCUT2D eigenvalue weighted by molar-refractivity contribution is 5.94. The normalized spacial score (nSPS) is 15.1. The highest BCUT2D eigenvalue weighted by atomic mass is 35.5. The van der Waals surface area contributed by atoms with Gasteiger partial charge in [-0.25, -0.2) is 4.39 Å². The fourth-order valence-corrected chi connectivity index (χ4v) is 2.24. The van der Waals surface area contributed by atoms with E-state index >= 15 is 0 Å². The van der Waals surface area contributed by atoms with Crippen LogP contribution in [-0.2, 0) is 4.79 Å². The first-order valence-electron chi connectivity index (χ1n) is 7.52. The van der Waals surface area contributed by atoms with E-state index in [1.807, 2.05) is 6.92 Å². The summed E-state index contributed by atoms with van der Waals surface area (Å²) in [4.78, 5) is 23.7. The molecule has 1 saturated heterocycles. The quantitative estimate of drug-likeness (QED) is 0.681. The summed E-state index contributed by atoms with van der Waals surface area (Å²) in [6, 6.07) is 4.37. The van der Waals surface area contributed by atoms with Crippen molar-refractivity contribution in [3.8, 4) is 0 Å². The van der Waals surface area contributed by atoms with Crippen LogP contribution in [0.15, 0.2) is 18.2 Å². The SMILES string of the molecule is Cc1ccc(C(=O)NCCNC(=O)C(C)C2CNC2)cc1F.Cl. The first-order chi connectivity index (χ1) is 10.5. The molecule has 1 aliphatic rings. The smallest absolute Gasteiger partial charge is 0.251 e. The molecule has 1 heterocycles. The summed E-state index contributed by atoms with van der Waals surface area (Å²) >= 11 is 0. The van der Waals surface area contributed by atoms with Gasteiger partial charge in [0.1, 0.15) is 5.82 Å². The molecule has 2 amide bonds. The molecule has 1 aromatic rings. The summed E-state index contributed by atoms with van der Waals surface area (Å²) in [5, 5.41) is 8.61. The molecule has 2 rings (SSSR count). The summed E-state index contributed by atoms with van der Waals surface area (Å²) < 4.78 is 13.4. The van der Waals surface area contributed by atoms with E-state index in [4.69, 9.17) is 0 Å². The van der Waals surface area contributed by atoms with E-state index in [2.05, 4.69) is 16.0 Å². The monoisotopic (exact) mass is 343 g/mol. The number of amides is 2. The van der Waals surface area contributed by atoms with Gasteiger partial charge in [0.15, 0.2) is 0 Å². The first kappa shape index (κ1) is 19.4. The Kier molecular flexibility index (Phi) is 7.45. The molecule has 23 heavy (non-hydrogen) atoms. The van der Waals surface area contributed by atoms with Crippen LogP contribution in [-0.4, -0.2) is 38.0 Å². The average molecular weight is 344 g/mol. The van der Waals surface area contributed by atoms with Gasteiger partial charge < -0.3 is 16.0 Å². The molecule has 0 radical (unpaired) electrons. The largest absolute Gasteiger partial charge is 0.354 e. The second-order valence-electron chi connectivity index (χ2n) is 5.72. The van der Waals surface area contributed by atoms with E-state index in [1.54, 1.807) is 19.1 Å². The van der Waals surface area contributed by atoms with Crippen LogP contribution < -0.4 is 16.0 Å². The van der Waals surface area contributed by atoms with Crippen molar-refractivity contribution in [3.63, 3.8) is 0 Å². The Labute approximate surface area is 141 Å².